The molecule has 0 amide bonds. The van der Waals surface area contributed by atoms with Gasteiger partial charge in [-0.1, -0.05) is 53.8 Å². The lowest BCUT2D eigenvalue weighted by Gasteiger charge is -2.22. The van der Waals surface area contributed by atoms with E-state index < -0.39 is 12.0 Å². The van der Waals surface area contributed by atoms with Crippen LogP contribution in [-0.4, -0.2) is 30.5 Å². The van der Waals surface area contributed by atoms with Crippen LogP contribution in [0.4, 0.5) is 0 Å². The first-order valence-electron chi connectivity index (χ1n) is 14.0. The summed E-state index contributed by atoms with van der Waals surface area (Å²) in [6, 6.07) is 20.3. The maximum Gasteiger partial charge on any atom is 0.338 e. The van der Waals surface area contributed by atoms with Crippen molar-refractivity contribution in [3.05, 3.63) is 109 Å². The van der Waals surface area contributed by atoms with Crippen LogP contribution in [0, 0.1) is 0 Å². The Bertz CT molecular complexity index is 1890. The van der Waals surface area contributed by atoms with Crippen molar-refractivity contribution in [3.63, 3.8) is 0 Å². The van der Waals surface area contributed by atoms with Crippen LogP contribution in [-0.2, 0) is 16.1 Å². The second-order valence-corrected chi connectivity index (χ2v) is 10.8. The summed E-state index contributed by atoms with van der Waals surface area (Å²) in [5.74, 6) is 1.89. The predicted molar refractivity (Wildman–Crippen MR) is 162 cm³/mol. The Morgan fingerprint density at radius 1 is 1.00 bits per heavy atom. The minimum Gasteiger partial charge on any atom is -0.490 e. The number of hydrogen-bond donors (Lipinski definition) is 0. The molecule has 0 spiro atoms. The van der Waals surface area contributed by atoms with Crippen LogP contribution in [0.1, 0.15) is 43.5 Å². The first-order valence-corrected chi connectivity index (χ1v) is 14.8. The highest BCUT2D eigenvalue weighted by Gasteiger charge is 2.32. The topological polar surface area (TPSA) is 97.6 Å². The molecule has 220 valence electrons. The molecule has 0 N–H and O–H groups in total. The van der Waals surface area contributed by atoms with E-state index in [4.69, 9.17) is 28.7 Å². The van der Waals surface area contributed by atoms with Crippen LogP contribution < -0.4 is 33.8 Å². The van der Waals surface area contributed by atoms with E-state index in [0.29, 0.717) is 56.8 Å². The van der Waals surface area contributed by atoms with Crippen LogP contribution in [0.15, 0.2) is 82.1 Å². The van der Waals surface area contributed by atoms with E-state index in [1.807, 2.05) is 67.6 Å². The molecule has 9 nitrogen and oxygen atoms in total. The molecule has 10 heteroatoms. The fourth-order valence-electron chi connectivity index (χ4n) is 5.03. The molecule has 2 aliphatic heterocycles. The maximum atomic E-state index is 13.7. The van der Waals surface area contributed by atoms with Gasteiger partial charge < -0.3 is 23.7 Å². The van der Waals surface area contributed by atoms with Crippen molar-refractivity contribution in [1.29, 1.82) is 0 Å². The lowest BCUT2D eigenvalue weighted by molar-refractivity contribution is -0.138. The molecule has 0 fully saturated rings. The lowest BCUT2D eigenvalue weighted by atomic mass is 9.96. The number of ether oxygens (including phenoxy) is 5. The second kappa shape index (κ2) is 12.2. The number of benzene rings is 3. The molecule has 2 aliphatic rings. The first kappa shape index (κ1) is 28.3. The number of nitrogens with zero attached hydrogens (tertiary/aromatic N) is 2. The number of carbonyl (C=O) groups excluding carboxylic acids is 1. The van der Waals surface area contributed by atoms with Gasteiger partial charge in [-0.15, -0.1) is 0 Å². The van der Waals surface area contributed by atoms with Crippen molar-refractivity contribution in [2.24, 2.45) is 4.99 Å². The summed E-state index contributed by atoms with van der Waals surface area (Å²) in [6.07, 6.45) is 1.80. The highest BCUT2D eigenvalue weighted by atomic mass is 32.1. The Morgan fingerprint density at radius 2 is 1.81 bits per heavy atom. The van der Waals surface area contributed by atoms with E-state index in [9.17, 15) is 9.59 Å². The van der Waals surface area contributed by atoms with E-state index in [1.54, 1.807) is 26.0 Å². The average Bonchev–Trinajstić information content (AvgIpc) is 3.61. The van der Waals surface area contributed by atoms with Crippen LogP contribution in [0.5, 0.6) is 23.0 Å². The zero-order valence-electron chi connectivity index (χ0n) is 24.0. The summed E-state index contributed by atoms with van der Waals surface area (Å²) < 4.78 is 30.3. The van der Waals surface area contributed by atoms with Gasteiger partial charge in [0, 0.05) is 5.70 Å². The van der Waals surface area contributed by atoms with Gasteiger partial charge in [0.25, 0.3) is 5.56 Å². The number of allylic oxidation sites excluding steroid dienone is 1. The van der Waals surface area contributed by atoms with Gasteiger partial charge >= 0.3 is 5.97 Å². The molecule has 43 heavy (non-hydrogen) atoms. The van der Waals surface area contributed by atoms with Crippen molar-refractivity contribution in [1.82, 2.24) is 4.57 Å². The zero-order valence-corrected chi connectivity index (χ0v) is 24.8. The van der Waals surface area contributed by atoms with Crippen molar-refractivity contribution >= 4 is 29.1 Å². The van der Waals surface area contributed by atoms with Gasteiger partial charge in [0.15, 0.2) is 27.8 Å². The summed E-state index contributed by atoms with van der Waals surface area (Å²) in [5, 5.41) is 0. The average molecular weight is 599 g/mol. The third-order valence-corrected chi connectivity index (χ3v) is 8.04. The number of hydrogen-bond acceptors (Lipinski definition) is 9. The lowest BCUT2D eigenvalue weighted by Crippen LogP contribution is -2.35. The Labute approximate surface area is 251 Å². The van der Waals surface area contributed by atoms with Gasteiger partial charge in [-0.05, 0) is 67.8 Å². The largest absolute Gasteiger partial charge is 0.490 e. The normalized spacial score (nSPS) is 15.6. The summed E-state index contributed by atoms with van der Waals surface area (Å²) in [6.45, 7) is 6.59. The molecule has 0 saturated carbocycles. The van der Waals surface area contributed by atoms with Gasteiger partial charge in [-0.2, -0.15) is 0 Å². The smallest absolute Gasteiger partial charge is 0.338 e. The minimum absolute atomic E-state index is 0.134. The molecule has 3 heterocycles. The molecule has 1 aromatic heterocycles. The summed E-state index contributed by atoms with van der Waals surface area (Å²) in [7, 11) is 0. The number of esters is 1. The molecule has 4 aromatic rings. The Hall–Kier alpha value is -4.83. The summed E-state index contributed by atoms with van der Waals surface area (Å²) >= 11 is 1.26. The van der Waals surface area contributed by atoms with E-state index in [-0.39, 0.29) is 19.0 Å². The highest BCUT2D eigenvalue weighted by molar-refractivity contribution is 7.07. The van der Waals surface area contributed by atoms with Crippen LogP contribution >= 0.6 is 11.3 Å². The van der Waals surface area contributed by atoms with Crippen molar-refractivity contribution in [2.45, 2.75) is 33.4 Å². The van der Waals surface area contributed by atoms with Gasteiger partial charge in [-0.25, -0.2) is 9.79 Å². The second-order valence-electron chi connectivity index (χ2n) is 9.81. The molecule has 0 unspecified atom stereocenters. The van der Waals surface area contributed by atoms with Crippen molar-refractivity contribution < 1.29 is 28.5 Å². The minimum atomic E-state index is -0.676. The number of rotatable bonds is 9. The number of thiazole rings is 1. The summed E-state index contributed by atoms with van der Waals surface area (Å²) in [4.78, 5) is 32.2. The molecule has 0 radical (unpaired) electrons. The van der Waals surface area contributed by atoms with Gasteiger partial charge in [-0.3, -0.25) is 9.36 Å². The quantitative estimate of drug-likeness (QED) is 0.260. The Balaban J connectivity index is 1.40. The Kier molecular flexibility index (Phi) is 8.02. The van der Waals surface area contributed by atoms with Crippen LogP contribution in [0.25, 0.3) is 11.8 Å². The van der Waals surface area contributed by atoms with Crippen LogP contribution in [0.3, 0.4) is 0 Å². The van der Waals surface area contributed by atoms with E-state index in [0.717, 1.165) is 16.7 Å². The number of fused-ring (bicyclic) bond motifs is 2. The fourth-order valence-corrected chi connectivity index (χ4v) is 6.07. The van der Waals surface area contributed by atoms with E-state index in [1.165, 1.54) is 15.9 Å². The number of aromatic nitrogens is 1. The van der Waals surface area contributed by atoms with Gasteiger partial charge in [0.05, 0.1) is 23.3 Å². The maximum absolute atomic E-state index is 13.7. The van der Waals surface area contributed by atoms with Crippen LogP contribution in [0.2, 0.25) is 0 Å². The molecular weight excluding hydrogens is 568 g/mol. The SMILES string of the molecule is CCOC(=O)C1=C(C)n2c(s/c(=C\c3ccc(OCc4ccccc4)c(OCC)c3)c2=O)=N[C@H]1c1ccc2c(c1)OCO2. The van der Waals surface area contributed by atoms with Crippen molar-refractivity contribution in [3.8, 4) is 23.0 Å². The molecule has 3 aromatic carbocycles. The first-order chi connectivity index (χ1) is 21.0. The van der Waals surface area contributed by atoms with Gasteiger partial charge in [0.2, 0.25) is 6.79 Å². The Morgan fingerprint density at radius 3 is 2.60 bits per heavy atom. The van der Waals surface area contributed by atoms with Gasteiger partial charge in [0.1, 0.15) is 12.6 Å². The standard InChI is InChI=1S/C33H30N2O7S/c1-4-38-26-15-22(11-13-24(26)40-18-21-9-7-6-8-10-21)16-28-31(36)35-20(3)29(32(37)39-5-2)30(34-33(35)43-28)23-12-14-25-27(17-23)42-19-41-25/h6-17,30H,4-5,18-19H2,1-3H3/b28-16-/t30-/m0/s1. The highest BCUT2D eigenvalue weighted by Crippen LogP contribution is 2.39. The third kappa shape index (κ3) is 5.65. The molecule has 1 atom stereocenters. The van der Waals surface area contributed by atoms with E-state index in [2.05, 4.69) is 0 Å². The van der Waals surface area contributed by atoms with Crippen molar-refractivity contribution in [2.75, 3.05) is 20.0 Å². The number of carbonyl (C=O) groups is 1. The molecule has 0 bridgehead atoms. The molecule has 0 saturated heterocycles. The molecule has 6 rings (SSSR count). The third-order valence-electron chi connectivity index (χ3n) is 7.05. The van der Waals surface area contributed by atoms with E-state index >= 15 is 0 Å². The molecular formula is C33H30N2O7S. The predicted octanol–water partition coefficient (Wildman–Crippen LogP) is 4.61. The summed E-state index contributed by atoms with van der Waals surface area (Å²) in [5.41, 5.74) is 3.06. The monoisotopic (exact) mass is 598 g/mol. The molecule has 0 aliphatic carbocycles. The zero-order chi connectivity index (χ0) is 29.9. The fraction of sp³-hybridized carbons (Fsp3) is 0.242.